The van der Waals surface area contributed by atoms with Crippen LogP contribution in [-0.4, -0.2) is 38.1 Å². The van der Waals surface area contributed by atoms with Crippen molar-refractivity contribution >= 4 is 11.8 Å². The molecule has 1 atom stereocenters. The van der Waals surface area contributed by atoms with E-state index in [9.17, 15) is 9.59 Å². The summed E-state index contributed by atoms with van der Waals surface area (Å²) in [6, 6.07) is 0. The molecule has 2 amide bonds. The molecule has 1 heterocycles. The van der Waals surface area contributed by atoms with E-state index in [0.29, 0.717) is 6.54 Å². The van der Waals surface area contributed by atoms with E-state index in [1.165, 1.54) is 7.05 Å². The van der Waals surface area contributed by atoms with Crippen molar-refractivity contribution in [3.8, 4) is 0 Å². The first-order valence-corrected chi connectivity index (χ1v) is 4.35. The zero-order chi connectivity index (χ0) is 9.68. The Morgan fingerprint density at radius 2 is 2.23 bits per heavy atom. The smallest absolute Gasteiger partial charge is 0.309 e. The first kappa shape index (κ1) is 9.98. The van der Waals surface area contributed by atoms with Crippen LogP contribution in [0.4, 0.5) is 0 Å². The standard InChI is InChI=1S/C8H14N2O3/c1-9-7(11)8(12)10-5-6-3-2-4-13-6/h6H,2-5H2,1H3,(H,9,11)(H,10,12)/t6-/m0/s1. The fourth-order valence-electron chi connectivity index (χ4n) is 1.21. The van der Waals surface area contributed by atoms with E-state index in [-0.39, 0.29) is 6.10 Å². The van der Waals surface area contributed by atoms with Crippen molar-refractivity contribution in [3.63, 3.8) is 0 Å². The van der Waals surface area contributed by atoms with Crippen LogP contribution in [0.15, 0.2) is 0 Å². The van der Waals surface area contributed by atoms with Crippen LogP contribution < -0.4 is 10.6 Å². The monoisotopic (exact) mass is 186 g/mol. The Labute approximate surface area is 76.8 Å². The van der Waals surface area contributed by atoms with Gasteiger partial charge in [-0.2, -0.15) is 0 Å². The van der Waals surface area contributed by atoms with Gasteiger partial charge in [-0.25, -0.2) is 0 Å². The summed E-state index contributed by atoms with van der Waals surface area (Å²) in [7, 11) is 1.42. The predicted molar refractivity (Wildman–Crippen MR) is 46.1 cm³/mol. The third-order valence-corrected chi connectivity index (χ3v) is 1.95. The average molecular weight is 186 g/mol. The molecule has 1 saturated heterocycles. The van der Waals surface area contributed by atoms with Gasteiger partial charge in [0.2, 0.25) is 0 Å². The van der Waals surface area contributed by atoms with Crippen LogP contribution in [0, 0.1) is 0 Å². The minimum absolute atomic E-state index is 0.0774. The summed E-state index contributed by atoms with van der Waals surface area (Å²) in [5.74, 6) is -1.21. The van der Waals surface area contributed by atoms with Crippen LogP contribution in [0.3, 0.4) is 0 Å². The van der Waals surface area contributed by atoms with Crippen molar-refractivity contribution in [2.24, 2.45) is 0 Å². The van der Waals surface area contributed by atoms with Gasteiger partial charge in [0.05, 0.1) is 6.10 Å². The van der Waals surface area contributed by atoms with Gasteiger partial charge in [0.15, 0.2) is 0 Å². The summed E-state index contributed by atoms with van der Waals surface area (Å²) < 4.78 is 5.27. The van der Waals surface area contributed by atoms with E-state index < -0.39 is 11.8 Å². The van der Waals surface area contributed by atoms with Gasteiger partial charge in [-0.05, 0) is 12.8 Å². The first-order chi connectivity index (χ1) is 6.24. The van der Waals surface area contributed by atoms with Crippen molar-refractivity contribution in [2.45, 2.75) is 18.9 Å². The Morgan fingerprint density at radius 1 is 1.46 bits per heavy atom. The zero-order valence-electron chi connectivity index (χ0n) is 7.63. The molecule has 0 saturated carbocycles. The van der Waals surface area contributed by atoms with Crippen LogP contribution in [0.5, 0.6) is 0 Å². The fourth-order valence-corrected chi connectivity index (χ4v) is 1.21. The summed E-state index contributed by atoms with van der Waals surface area (Å²) in [5.41, 5.74) is 0. The summed E-state index contributed by atoms with van der Waals surface area (Å²) >= 11 is 0. The molecule has 0 aromatic heterocycles. The maximum absolute atomic E-state index is 11.0. The average Bonchev–Trinajstić information content (AvgIpc) is 2.65. The lowest BCUT2D eigenvalue weighted by Crippen LogP contribution is -2.41. The van der Waals surface area contributed by atoms with Crippen molar-refractivity contribution in [3.05, 3.63) is 0 Å². The number of hydrogen-bond acceptors (Lipinski definition) is 3. The topological polar surface area (TPSA) is 67.4 Å². The molecule has 0 aromatic rings. The maximum Gasteiger partial charge on any atom is 0.309 e. The van der Waals surface area contributed by atoms with Crippen LogP contribution in [0.25, 0.3) is 0 Å². The van der Waals surface area contributed by atoms with E-state index in [2.05, 4.69) is 10.6 Å². The first-order valence-electron chi connectivity index (χ1n) is 4.35. The van der Waals surface area contributed by atoms with E-state index >= 15 is 0 Å². The minimum atomic E-state index is -0.613. The third kappa shape index (κ3) is 3.02. The molecule has 13 heavy (non-hydrogen) atoms. The number of rotatable bonds is 2. The van der Waals surface area contributed by atoms with Gasteiger partial charge in [0, 0.05) is 20.2 Å². The number of amides is 2. The Bertz CT molecular complexity index is 200. The van der Waals surface area contributed by atoms with E-state index in [4.69, 9.17) is 4.74 Å². The molecule has 1 fully saturated rings. The second kappa shape index (κ2) is 4.81. The van der Waals surface area contributed by atoms with Crippen molar-refractivity contribution in [2.75, 3.05) is 20.2 Å². The van der Waals surface area contributed by atoms with Crippen molar-refractivity contribution in [1.29, 1.82) is 0 Å². The van der Waals surface area contributed by atoms with E-state index in [1.54, 1.807) is 0 Å². The highest BCUT2D eigenvalue weighted by Gasteiger charge is 2.18. The highest BCUT2D eigenvalue weighted by molar-refractivity contribution is 6.34. The Morgan fingerprint density at radius 3 is 2.77 bits per heavy atom. The lowest BCUT2D eigenvalue weighted by molar-refractivity contribution is -0.139. The maximum atomic E-state index is 11.0. The normalized spacial score (nSPS) is 21.2. The largest absolute Gasteiger partial charge is 0.376 e. The molecular formula is C8H14N2O3. The molecule has 5 nitrogen and oxygen atoms in total. The van der Waals surface area contributed by atoms with E-state index in [1.807, 2.05) is 0 Å². The van der Waals surface area contributed by atoms with Crippen LogP contribution in [0.2, 0.25) is 0 Å². The minimum Gasteiger partial charge on any atom is -0.376 e. The number of nitrogens with one attached hydrogen (secondary N) is 2. The number of carbonyl (C=O) groups is 2. The molecule has 5 heteroatoms. The molecule has 0 bridgehead atoms. The second-order valence-electron chi connectivity index (χ2n) is 2.92. The molecule has 0 radical (unpaired) electrons. The molecule has 0 aromatic carbocycles. The quantitative estimate of drug-likeness (QED) is 0.545. The SMILES string of the molecule is CNC(=O)C(=O)NC[C@@H]1CCCO1. The van der Waals surface area contributed by atoms with Gasteiger partial charge in [0.25, 0.3) is 0 Å². The molecule has 0 unspecified atom stereocenters. The highest BCUT2D eigenvalue weighted by Crippen LogP contribution is 2.10. The lowest BCUT2D eigenvalue weighted by atomic mass is 10.2. The fraction of sp³-hybridized carbons (Fsp3) is 0.750. The van der Waals surface area contributed by atoms with Crippen LogP contribution in [-0.2, 0) is 14.3 Å². The molecule has 74 valence electrons. The summed E-state index contributed by atoms with van der Waals surface area (Å²) in [6.45, 7) is 1.17. The molecule has 2 N–H and O–H groups in total. The van der Waals surface area contributed by atoms with Crippen LogP contribution >= 0.6 is 0 Å². The second-order valence-corrected chi connectivity index (χ2v) is 2.92. The van der Waals surface area contributed by atoms with Gasteiger partial charge in [-0.1, -0.05) is 0 Å². The van der Waals surface area contributed by atoms with Crippen molar-refractivity contribution in [1.82, 2.24) is 10.6 Å². The third-order valence-electron chi connectivity index (χ3n) is 1.95. The Kier molecular flexibility index (Phi) is 3.70. The molecular weight excluding hydrogens is 172 g/mol. The number of carbonyl (C=O) groups excluding carboxylic acids is 2. The summed E-state index contributed by atoms with van der Waals surface area (Å²) in [6.07, 6.45) is 2.06. The number of hydrogen-bond donors (Lipinski definition) is 2. The Balaban J connectivity index is 2.17. The van der Waals surface area contributed by atoms with Gasteiger partial charge < -0.3 is 15.4 Å². The Hall–Kier alpha value is -1.10. The zero-order valence-corrected chi connectivity index (χ0v) is 7.63. The molecule has 0 aliphatic carbocycles. The number of ether oxygens (including phenoxy) is 1. The van der Waals surface area contributed by atoms with Gasteiger partial charge in [-0.3, -0.25) is 9.59 Å². The van der Waals surface area contributed by atoms with Gasteiger partial charge in [-0.15, -0.1) is 0 Å². The van der Waals surface area contributed by atoms with Crippen molar-refractivity contribution < 1.29 is 14.3 Å². The highest BCUT2D eigenvalue weighted by atomic mass is 16.5. The molecule has 1 rings (SSSR count). The van der Waals surface area contributed by atoms with Gasteiger partial charge >= 0.3 is 11.8 Å². The summed E-state index contributed by atoms with van der Waals surface area (Å²) in [4.78, 5) is 21.7. The number of likely N-dealkylation sites (N-methyl/N-ethyl adjacent to an activating group) is 1. The molecule has 1 aliphatic rings. The lowest BCUT2D eigenvalue weighted by Gasteiger charge is -2.09. The molecule has 0 spiro atoms. The summed E-state index contributed by atoms with van der Waals surface area (Å²) in [5, 5.41) is 4.75. The van der Waals surface area contributed by atoms with E-state index in [0.717, 1.165) is 19.4 Å². The molecule has 1 aliphatic heterocycles. The van der Waals surface area contributed by atoms with Gasteiger partial charge in [0.1, 0.15) is 0 Å². The predicted octanol–water partition coefficient (Wildman–Crippen LogP) is -0.972. The van der Waals surface area contributed by atoms with Crippen LogP contribution in [0.1, 0.15) is 12.8 Å².